The van der Waals surface area contributed by atoms with E-state index in [1.54, 1.807) is 6.07 Å². The molecule has 2 heteroatoms. The predicted octanol–water partition coefficient (Wildman–Crippen LogP) is 2.40. The third-order valence-electron chi connectivity index (χ3n) is 2.87. The van der Waals surface area contributed by atoms with Gasteiger partial charge in [-0.25, -0.2) is 0 Å². The lowest BCUT2D eigenvalue weighted by atomic mass is 9.91. The number of nitrogens with one attached hydrogen (secondary N) is 1. The van der Waals surface area contributed by atoms with Gasteiger partial charge in [-0.15, -0.1) is 0 Å². The summed E-state index contributed by atoms with van der Waals surface area (Å²) in [6.07, 6.45) is 8.33. The Hall–Kier alpha value is -1.70. The van der Waals surface area contributed by atoms with Crippen LogP contribution in [0.5, 0.6) is 5.75 Å². The van der Waals surface area contributed by atoms with E-state index in [0.29, 0.717) is 11.8 Å². The molecule has 2 nitrogen and oxygen atoms in total. The first-order chi connectivity index (χ1) is 6.86. The fourth-order valence-corrected chi connectivity index (χ4v) is 2.23. The van der Waals surface area contributed by atoms with Gasteiger partial charge in [-0.1, -0.05) is 30.4 Å². The Morgan fingerprint density at radius 1 is 1.14 bits per heavy atom. The number of anilines is 1. The van der Waals surface area contributed by atoms with Crippen LogP contribution in [0.1, 0.15) is 11.5 Å². The summed E-state index contributed by atoms with van der Waals surface area (Å²) in [5.74, 6) is 0.679. The molecule has 0 bridgehead atoms. The van der Waals surface area contributed by atoms with Crippen molar-refractivity contribution in [3.05, 3.63) is 48.1 Å². The smallest absolute Gasteiger partial charge is 0.121 e. The second-order valence-electron chi connectivity index (χ2n) is 3.70. The molecule has 70 valence electrons. The average Bonchev–Trinajstić information content (AvgIpc) is 2.57. The van der Waals surface area contributed by atoms with E-state index < -0.39 is 0 Å². The average molecular weight is 185 g/mol. The Kier molecular flexibility index (Phi) is 1.45. The number of rotatable bonds is 0. The van der Waals surface area contributed by atoms with Gasteiger partial charge in [0.1, 0.15) is 5.75 Å². The molecule has 1 heterocycles. The highest BCUT2D eigenvalue weighted by molar-refractivity contribution is 5.67. The molecule has 0 spiro atoms. The van der Waals surface area contributed by atoms with E-state index in [1.807, 2.05) is 24.3 Å². The van der Waals surface area contributed by atoms with Gasteiger partial charge in [0.25, 0.3) is 0 Å². The van der Waals surface area contributed by atoms with Crippen molar-refractivity contribution in [3.8, 4) is 5.75 Å². The van der Waals surface area contributed by atoms with Gasteiger partial charge in [0, 0.05) is 17.2 Å². The van der Waals surface area contributed by atoms with Gasteiger partial charge >= 0.3 is 0 Å². The molecule has 3 rings (SSSR count). The van der Waals surface area contributed by atoms with E-state index >= 15 is 0 Å². The fourth-order valence-electron chi connectivity index (χ4n) is 2.23. The monoisotopic (exact) mass is 185 g/mol. The molecule has 1 aromatic rings. The van der Waals surface area contributed by atoms with Crippen molar-refractivity contribution < 1.29 is 5.11 Å². The van der Waals surface area contributed by atoms with Gasteiger partial charge in [0.05, 0.1) is 6.04 Å². The quantitative estimate of drug-likeness (QED) is 0.650. The molecule has 2 N–H and O–H groups in total. The highest BCUT2D eigenvalue weighted by Gasteiger charge is 2.31. The van der Waals surface area contributed by atoms with Gasteiger partial charge in [-0.05, 0) is 12.1 Å². The van der Waals surface area contributed by atoms with Gasteiger partial charge < -0.3 is 10.4 Å². The van der Waals surface area contributed by atoms with Crippen LogP contribution in [0.2, 0.25) is 0 Å². The Labute approximate surface area is 82.6 Å². The zero-order valence-corrected chi connectivity index (χ0v) is 7.64. The summed E-state index contributed by atoms with van der Waals surface area (Å²) in [6.45, 7) is 0. The van der Waals surface area contributed by atoms with Crippen LogP contribution in [0.4, 0.5) is 5.69 Å². The van der Waals surface area contributed by atoms with Crippen LogP contribution in [0.25, 0.3) is 0 Å². The molecule has 0 fully saturated rings. The van der Waals surface area contributed by atoms with Crippen molar-refractivity contribution in [1.29, 1.82) is 0 Å². The molecular weight excluding hydrogens is 174 g/mol. The Bertz CT molecular complexity index is 434. The molecule has 0 radical (unpaired) electrons. The molecule has 0 aromatic heterocycles. The maximum Gasteiger partial charge on any atom is 0.121 e. The Balaban J connectivity index is 2.17. The van der Waals surface area contributed by atoms with Crippen molar-refractivity contribution >= 4 is 5.69 Å². The molecule has 0 amide bonds. The van der Waals surface area contributed by atoms with Crippen molar-refractivity contribution in [2.75, 3.05) is 5.32 Å². The van der Waals surface area contributed by atoms with E-state index in [1.165, 1.54) is 0 Å². The second-order valence-corrected chi connectivity index (χ2v) is 3.70. The first-order valence-electron chi connectivity index (χ1n) is 4.79. The molecule has 14 heavy (non-hydrogen) atoms. The molecule has 1 aromatic carbocycles. The minimum Gasteiger partial charge on any atom is -0.508 e. The van der Waals surface area contributed by atoms with Crippen molar-refractivity contribution in [2.24, 2.45) is 0 Å². The first kappa shape index (κ1) is 7.68. The van der Waals surface area contributed by atoms with E-state index in [0.717, 1.165) is 11.3 Å². The van der Waals surface area contributed by atoms with Crippen molar-refractivity contribution in [3.63, 3.8) is 0 Å². The largest absolute Gasteiger partial charge is 0.508 e. The van der Waals surface area contributed by atoms with Gasteiger partial charge in [0.2, 0.25) is 0 Å². The second kappa shape index (κ2) is 2.64. The number of benzene rings is 1. The normalized spacial score (nSPS) is 26.9. The molecule has 0 saturated heterocycles. The molecule has 0 saturated carbocycles. The van der Waals surface area contributed by atoms with Crippen LogP contribution in [0.15, 0.2) is 42.5 Å². The number of phenols is 1. The van der Waals surface area contributed by atoms with Gasteiger partial charge in [-0.2, -0.15) is 0 Å². The summed E-state index contributed by atoms with van der Waals surface area (Å²) in [7, 11) is 0. The minimum atomic E-state index is 0.288. The van der Waals surface area contributed by atoms with Crippen molar-refractivity contribution in [2.45, 2.75) is 12.0 Å². The third-order valence-corrected chi connectivity index (χ3v) is 2.87. The number of hydrogen-bond donors (Lipinski definition) is 2. The zero-order valence-electron chi connectivity index (χ0n) is 7.64. The van der Waals surface area contributed by atoms with Crippen molar-refractivity contribution in [1.82, 2.24) is 0 Å². The number of allylic oxidation sites excluding steroid dienone is 2. The number of fused-ring (bicyclic) bond motifs is 3. The molecular formula is C12H11NO. The number of hydrogen-bond acceptors (Lipinski definition) is 2. The Morgan fingerprint density at radius 2 is 2.00 bits per heavy atom. The van der Waals surface area contributed by atoms with E-state index in [2.05, 4.69) is 17.5 Å². The summed E-state index contributed by atoms with van der Waals surface area (Å²) >= 11 is 0. The zero-order chi connectivity index (χ0) is 9.54. The standard InChI is InChI=1S/C12H11NO/c14-11-7-3-6-10-12(11)8-4-1-2-5-9(8)13-10/h1-9,13-14H. The van der Waals surface area contributed by atoms with Gasteiger partial charge in [0.15, 0.2) is 0 Å². The number of phenolic OH excluding ortho intramolecular Hbond substituents is 1. The summed E-state index contributed by atoms with van der Waals surface area (Å²) < 4.78 is 0. The summed E-state index contributed by atoms with van der Waals surface area (Å²) in [4.78, 5) is 0. The number of aromatic hydroxyl groups is 1. The molecule has 1 aliphatic carbocycles. The maximum atomic E-state index is 9.77. The highest BCUT2D eigenvalue weighted by atomic mass is 16.3. The minimum absolute atomic E-state index is 0.288. The molecule has 1 aliphatic heterocycles. The van der Waals surface area contributed by atoms with E-state index in [9.17, 15) is 5.11 Å². The van der Waals surface area contributed by atoms with Crippen LogP contribution in [-0.4, -0.2) is 11.1 Å². The molecule has 2 aliphatic rings. The lowest BCUT2D eigenvalue weighted by Gasteiger charge is -2.15. The SMILES string of the molecule is Oc1cccc2c1C1C=CC=CC1N2. The fraction of sp³-hybridized carbons (Fsp3) is 0.167. The Morgan fingerprint density at radius 3 is 2.93 bits per heavy atom. The summed E-state index contributed by atoms with van der Waals surface area (Å²) in [5, 5.41) is 13.2. The predicted molar refractivity (Wildman–Crippen MR) is 56.5 cm³/mol. The molecule has 2 atom stereocenters. The van der Waals surface area contributed by atoms with Crippen LogP contribution in [0, 0.1) is 0 Å². The maximum absolute atomic E-state index is 9.77. The molecule has 2 unspecified atom stereocenters. The topological polar surface area (TPSA) is 32.3 Å². The van der Waals surface area contributed by atoms with Crippen LogP contribution in [0.3, 0.4) is 0 Å². The van der Waals surface area contributed by atoms with Gasteiger partial charge in [-0.3, -0.25) is 0 Å². The highest BCUT2D eigenvalue weighted by Crippen LogP contribution is 2.43. The third kappa shape index (κ3) is 0.909. The van der Waals surface area contributed by atoms with E-state index in [4.69, 9.17) is 0 Å². The lowest BCUT2D eigenvalue weighted by molar-refractivity contribution is 0.467. The summed E-state index contributed by atoms with van der Waals surface area (Å²) in [6, 6.07) is 5.93. The van der Waals surface area contributed by atoms with Crippen LogP contribution in [-0.2, 0) is 0 Å². The first-order valence-corrected chi connectivity index (χ1v) is 4.79. The van der Waals surface area contributed by atoms with Crippen LogP contribution < -0.4 is 5.32 Å². The summed E-state index contributed by atoms with van der Waals surface area (Å²) in [5.41, 5.74) is 2.08. The lowest BCUT2D eigenvalue weighted by Crippen LogP contribution is -2.17. The van der Waals surface area contributed by atoms with Crippen LogP contribution >= 0.6 is 0 Å². The van der Waals surface area contributed by atoms with E-state index in [-0.39, 0.29) is 5.92 Å².